The number of aryl methyl sites for hydroxylation is 1. The fourth-order valence-electron chi connectivity index (χ4n) is 4.33. The highest BCUT2D eigenvalue weighted by molar-refractivity contribution is 7.17. The molecule has 4 rings (SSSR count). The number of fused-ring (bicyclic) bond motifs is 1. The lowest BCUT2D eigenvalue weighted by atomic mass is 9.95. The van der Waals surface area contributed by atoms with Crippen LogP contribution in [-0.2, 0) is 22.4 Å². The Balaban J connectivity index is 1.47. The average Bonchev–Trinajstić information content (AvgIpc) is 3.44. The third kappa shape index (κ3) is 5.12. The van der Waals surface area contributed by atoms with Gasteiger partial charge >= 0.3 is 5.97 Å². The molecule has 2 aliphatic rings. The van der Waals surface area contributed by atoms with Crippen molar-refractivity contribution >= 4 is 34.1 Å². The summed E-state index contributed by atoms with van der Waals surface area (Å²) in [5.74, 6) is -0.485. The van der Waals surface area contributed by atoms with Crippen molar-refractivity contribution in [1.82, 2.24) is 5.32 Å². The van der Waals surface area contributed by atoms with Crippen molar-refractivity contribution in [2.45, 2.75) is 57.4 Å². The number of carbonyl (C=O) groups excluding carboxylic acids is 3. The number of ether oxygens (including phenoxy) is 2. The minimum Gasteiger partial charge on any atom is -0.497 e. The first-order valence-corrected chi connectivity index (χ1v) is 11.9. The van der Waals surface area contributed by atoms with E-state index in [1.165, 1.54) is 11.3 Å². The predicted molar refractivity (Wildman–Crippen MR) is 123 cm³/mol. The molecule has 2 amide bonds. The van der Waals surface area contributed by atoms with E-state index in [2.05, 4.69) is 10.6 Å². The van der Waals surface area contributed by atoms with Gasteiger partial charge in [0.1, 0.15) is 10.8 Å². The third-order valence-electron chi connectivity index (χ3n) is 6.01. The maximum Gasteiger partial charge on any atom is 0.341 e. The van der Waals surface area contributed by atoms with E-state index in [-0.39, 0.29) is 24.5 Å². The number of esters is 1. The van der Waals surface area contributed by atoms with Gasteiger partial charge in [0.25, 0.3) is 11.8 Å². The first-order valence-electron chi connectivity index (χ1n) is 11.1. The number of nitrogens with one attached hydrogen (secondary N) is 2. The van der Waals surface area contributed by atoms with Crippen LogP contribution >= 0.6 is 11.3 Å². The number of rotatable bonds is 7. The van der Waals surface area contributed by atoms with Crippen molar-refractivity contribution in [1.29, 1.82) is 0 Å². The van der Waals surface area contributed by atoms with Gasteiger partial charge in [-0.05, 0) is 68.4 Å². The smallest absolute Gasteiger partial charge is 0.341 e. The monoisotopic (exact) mass is 456 g/mol. The molecule has 1 heterocycles. The van der Waals surface area contributed by atoms with Crippen LogP contribution in [-0.4, -0.2) is 37.5 Å². The fraction of sp³-hybridized carbons (Fsp3) is 0.458. The Bertz CT molecular complexity index is 993. The lowest BCUT2D eigenvalue weighted by Gasteiger charge is -2.14. The van der Waals surface area contributed by atoms with E-state index in [9.17, 15) is 14.4 Å². The van der Waals surface area contributed by atoms with Gasteiger partial charge in [0, 0.05) is 16.5 Å². The van der Waals surface area contributed by atoms with Crippen LogP contribution in [0.5, 0.6) is 5.75 Å². The zero-order chi connectivity index (χ0) is 22.5. The second-order valence-electron chi connectivity index (χ2n) is 8.22. The highest BCUT2D eigenvalue weighted by Crippen LogP contribution is 2.38. The molecule has 7 nitrogen and oxygen atoms in total. The topological polar surface area (TPSA) is 93.7 Å². The van der Waals surface area contributed by atoms with Gasteiger partial charge in [-0.1, -0.05) is 12.8 Å². The molecule has 32 heavy (non-hydrogen) atoms. The number of benzene rings is 1. The molecule has 1 aromatic heterocycles. The van der Waals surface area contributed by atoms with Crippen LogP contribution in [0.4, 0.5) is 5.00 Å². The summed E-state index contributed by atoms with van der Waals surface area (Å²) in [6.45, 7) is -0.314. The van der Waals surface area contributed by atoms with Crippen LogP contribution in [0.25, 0.3) is 0 Å². The van der Waals surface area contributed by atoms with Gasteiger partial charge in [-0.2, -0.15) is 0 Å². The first kappa shape index (κ1) is 22.3. The van der Waals surface area contributed by atoms with Gasteiger partial charge in [-0.25, -0.2) is 4.79 Å². The molecule has 8 heteroatoms. The molecule has 0 bridgehead atoms. The van der Waals surface area contributed by atoms with Gasteiger partial charge in [-0.15, -0.1) is 11.3 Å². The Morgan fingerprint density at radius 1 is 1.03 bits per heavy atom. The molecule has 1 saturated carbocycles. The van der Waals surface area contributed by atoms with Gasteiger partial charge in [0.15, 0.2) is 6.61 Å². The molecule has 2 aromatic rings. The molecule has 0 aliphatic heterocycles. The van der Waals surface area contributed by atoms with Crippen molar-refractivity contribution < 1.29 is 23.9 Å². The van der Waals surface area contributed by atoms with Crippen molar-refractivity contribution in [3.63, 3.8) is 0 Å². The van der Waals surface area contributed by atoms with Crippen molar-refractivity contribution in [3.8, 4) is 5.75 Å². The summed E-state index contributed by atoms with van der Waals surface area (Å²) in [4.78, 5) is 39.1. The summed E-state index contributed by atoms with van der Waals surface area (Å²) >= 11 is 1.42. The Kier molecular flexibility index (Phi) is 7.09. The number of anilines is 1. The molecule has 2 aliphatic carbocycles. The van der Waals surface area contributed by atoms with E-state index in [4.69, 9.17) is 9.47 Å². The molecule has 2 N–H and O–H groups in total. The van der Waals surface area contributed by atoms with Gasteiger partial charge in [-0.3, -0.25) is 9.59 Å². The molecular weight excluding hydrogens is 428 g/mol. The number of hydrogen-bond acceptors (Lipinski definition) is 6. The maximum absolute atomic E-state index is 13.0. The number of methoxy groups -OCH3 is 1. The minimum atomic E-state index is -0.559. The van der Waals surface area contributed by atoms with E-state index in [1.807, 2.05) is 0 Å². The van der Waals surface area contributed by atoms with Crippen molar-refractivity contribution in [2.24, 2.45) is 0 Å². The lowest BCUT2D eigenvalue weighted by molar-refractivity contribution is -0.124. The maximum atomic E-state index is 13.0. The van der Waals surface area contributed by atoms with Crippen LogP contribution < -0.4 is 15.4 Å². The van der Waals surface area contributed by atoms with Gasteiger partial charge in [0.2, 0.25) is 0 Å². The quantitative estimate of drug-likeness (QED) is 0.612. The van der Waals surface area contributed by atoms with Crippen LogP contribution in [0.2, 0.25) is 0 Å². The largest absolute Gasteiger partial charge is 0.497 e. The second-order valence-corrected chi connectivity index (χ2v) is 9.33. The predicted octanol–water partition coefficient (Wildman–Crippen LogP) is 4.10. The molecule has 0 saturated heterocycles. The van der Waals surface area contributed by atoms with E-state index < -0.39 is 5.97 Å². The number of hydrogen-bond donors (Lipinski definition) is 2. The average molecular weight is 457 g/mol. The molecule has 0 atom stereocenters. The van der Waals surface area contributed by atoms with Crippen LogP contribution in [0.3, 0.4) is 0 Å². The van der Waals surface area contributed by atoms with Gasteiger partial charge in [0.05, 0.1) is 12.7 Å². The zero-order valence-electron chi connectivity index (χ0n) is 18.2. The Morgan fingerprint density at radius 2 is 1.75 bits per heavy atom. The zero-order valence-corrected chi connectivity index (χ0v) is 19.0. The summed E-state index contributed by atoms with van der Waals surface area (Å²) in [6, 6.07) is 6.95. The van der Waals surface area contributed by atoms with Crippen LogP contribution in [0.15, 0.2) is 24.3 Å². The Labute approximate surface area is 191 Å². The highest BCUT2D eigenvalue weighted by atomic mass is 32.1. The summed E-state index contributed by atoms with van der Waals surface area (Å²) < 4.78 is 10.5. The van der Waals surface area contributed by atoms with Crippen molar-refractivity contribution in [3.05, 3.63) is 45.8 Å². The Hall–Kier alpha value is -2.87. The standard InChI is InChI=1S/C24H28N2O5S/c1-30-17-12-10-15(11-13-17)22(28)26-23-21(18-8-4-5-9-19(18)32-23)24(29)31-14-20(27)25-16-6-2-3-7-16/h10-13,16H,2-9,14H2,1H3,(H,25,27)(H,26,28). The number of amides is 2. The minimum absolute atomic E-state index is 0.175. The summed E-state index contributed by atoms with van der Waals surface area (Å²) in [6.07, 6.45) is 7.85. The third-order valence-corrected chi connectivity index (χ3v) is 7.22. The van der Waals surface area contributed by atoms with E-state index in [1.54, 1.807) is 31.4 Å². The SMILES string of the molecule is COc1ccc(C(=O)Nc2sc3c(c2C(=O)OCC(=O)NC2CCCC2)CCCC3)cc1. The summed E-state index contributed by atoms with van der Waals surface area (Å²) in [5.41, 5.74) is 1.79. The Morgan fingerprint density at radius 3 is 2.47 bits per heavy atom. The molecule has 170 valence electrons. The summed E-state index contributed by atoms with van der Waals surface area (Å²) in [7, 11) is 1.57. The molecule has 0 radical (unpaired) electrons. The molecular formula is C24H28N2O5S. The first-order chi connectivity index (χ1) is 15.5. The number of thiophene rings is 1. The van der Waals surface area contributed by atoms with E-state index in [0.717, 1.165) is 61.8 Å². The normalized spacial score (nSPS) is 15.7. The van der Waals surface area contributed by atoms with Crippen LogP contribution in [0.1, 0.15) is 69.7 Å². The van der Waals surface area contributed by atoms with Crippen LogP contribution in [0, 0.1) is 0 Å². The lowest BCUT2D eigenvalue weighted by Crippen LogP contribution is -2.36. The van der Waals surface area contributed by atoms with E-state index in [0.29, 0.717) is 21.9 Å². The fourth-order valence-corrected chi connectivity index (χ4v) is 5.60. The van der Waals surface area contributed by atoms with Gasteiger partial charge < -0.3 is 20.1 Å². The molecule has 1 aromatic carbocycles. The summed E-state index contributed by atoms with van der Waals surface area (Å²) in [5, 5.41) is 6.30. The second kappa shape index (κ2) is 10.2. The molecule has 1 fully saturated rings. The van der Waals surface area contributed by atoms with Crippen molar-refractivity contribution in [2.75, 3.05) is 19.0 Å². The number of carbonyl (C=O) groups is 3. The molecule has 0 spiro atoms. The molecule has 0 unspecified atom stereocenters. The van der Waals surface area contributed by atoms with E-state index >= 15 is 0 Å². The highest BCUT2D eigenvalue weighted by Gasteiger charge is 2.28.